The van der Waals surface area contributed by atoms with Gasteiger partial charge in [0, 0.05) is 0 Å². The van der Waals surface area contributed by atoms with Gasteiger partial charge in [-0.2, -0.15) is 4.31 Å². The van der Waals surface area contributed by atoms with E-state index >= 15 is 0 Å². The highest BCUT2D eigenvalue weighted by molar-refractivity contribution is 7.60. The molecule has 0 aliphatic heterocycles. The second-order valence-corrected chi connectivity index (χ2v) is 10.7. The van der Waals surface area contributed by atoms with Crippen molar-refractivity contribution in [1.82, 2.24) is 0 Å². The van der Waals surface area contributed by atoms with Crippen LogP contribution in [0.2, 0.25) is 0 Å². The Morgan fingerprint density at radius 1 is 0.733 bits per heavy atom. The number of allylic oxidation sites excluding steroid dienone is 7. The fraction of sp³-hybridized carbons (Fsp3) is 0.619. The zero-order valence-electron chi connectivity index (χ0n) is 19.1. The first-order valence-corrected chi connectivity index (χ1v) is 13.1. The molecule has 9 heteroatoms. The van der Waals surface area contributed by atoms with Crippen molar-refractivity contribution in [2.45, 2.75) is 80.1 Å². The molecule has 1 unspecified atom stereocenters. The molecule has 3 N–H and O–H groups in total. The molecule has 0 aliphatic rings. The van der Waals surface area contributed by atoms with E-state index in [1.807, 2.05) is 6.92 Å². The van der Waals surface area contributed by atoms with Crippen LogP contribution in [0.25, 0.3) is 0 Å². The molecule has 0 heterocycles. The lowest BCUT2D eigenvalue weighted by Gasteiger charge is -2.13. The summed E-state index contributed by atoms with van der Waals surface area (Å²) in [6.07, 6.45) is 12.6. The molecule has 7 nitrogen and oxygen atoms in total. The van der Waals surface area contributed by atoms with E-state index < -0.39 is 15.6 Å². The smallest absolute Gasteiger partial charge is 0.302 e. The zero-order valence-corrected chi connectivity index (χ0v) is 20.8. The summed E-state index contributed by atoms with van der Waals surface area (Å²) >= 11 is 0. The largest absolute Gasteiger partial charge is 0.481 e. The van der Waals surface area contributed by atoms with Crippen molar-refractivity contribution in [2.24, 2.45) is 0 Å². The van der Waals surface area contributed by atoms with Crippen molar-refractivity contribution in [3.05, 3.63) is 46.1 Å². The molecule has 0 aromatic carbocycles. The summed E-state index contributed by atoms with van der Waals surface area (Å²) in [7, 11) is -9.89. The summed E-state index contributed by atoms with van der Waals surface area (Å²) in [4.78, 5) is 26.5. The van der Waals surface area contributed by atoms with E-state index in [1.54, 1.807) is 6.92 Å². The fourth-order valence-corrected chi connectivity index (χ4v) is 4.17. The molecular weight excluding hydrogens is 426 g/mol. The van der Waals surface area contributed by atoms with Crippen LogP contribution in [-0.2, 0) is 18.0 Å². The average molecular weight is 464 g/mol. The van der Waals surface area contributed by atoms with Crippen LogP contribution in [0, 0.1) is 0 Å². The minimum absolute atomic E-state index is 0.237. The van der Waals surface area contributed by atoms with Crippen LogP contribution in [0.15, 0.2) is 46.1 Å². The van der Waals surface area contributed by atoms with E-state index in [-0.39, 0.29) is 6.61 Å². The van der Waals surface area contributed by atoms with Crippen molar-refractivity contribution >= 4 is 15.6 Å². The maximum atomic E-state index is 11.5. The minimum atomic E-state index is -5.09. The van der Waals surface area contributed by atoms with E-state index in [1.165, 1.54) is 16.7 Å². The van der Waals surface area contributed by atoms with Gasteiger partial charge < -0.3 is 14.7 Å². The second-order valence-electron chi connectivity index (χ2n) is 7.87. The highest BCUT2D eigenvalue weighted by Gasteiger charge is 2.32. The molecule has 0 saturated heterocycles. The molecule has 1 atom stereocenters. The third-order valence-electron chi connectivity index (χ3n) is 4.52. The quantitative estimate of drug-likeness (QED) is 0.192. The average Bonchev–Trinajstić information content (AvgIpc) is 2.57. The summed E-state index contributed by atoms with van der Waals surface area (Å²) in [6.45, 7) is 11.9. The van der Waals surface area contributed by atoms with Gasteiger partial charge in [0.1, 0.15) is 0 Å². The predicted octanol–water partition coefficient (Wildman–Crippen LogP) is 6.75. The third kappa shape index (κ3) is 17.0. The Morgan fingerprint density at radius 3 is 1.67 bits per heavy atom. The Morgan fingerprint density at radius 2 is 1.20 bits per heavy atom. The number of phosphoric acid groups is 2. The zero-order chi connectivity index (χ0) is 23.4. The minimum Gasteiger partial charge on any atom is -0.302 e. The maximum absolute atomic E-state index is 11.5. The molecule has 0 rings (SSSR count). The number of hydrogen-bond acceptors (Lipinski definition) is 4. The Balaban J connectivity index is 4.40. The van der Waals surface area contributed by atoms with Crippen LogP contribution < -0.4 is 0 Å². The van der Waals surface area contributed by atoms with Crippen LogP contribution in [0.4, 0.5) is 0 Å². The first-order valence-electron chi connectivity index (χ1n) is 10.1. The summed E-state index contributed by atoms with van der Waals surface area (Å²) < 4.78 is 30.5. The number of phosphoric ester groups is 1. The molecule has 30 heavy (non-hydrogen) atoms. The number of rotatable bonds is 14. The molecule has 0 aliphatic carbocycles. The molecule has 0 radical (unpaired) electrons. The SMILES string of the molecule is CC(C)=CCCC(C)=CCCC(C)=CCCC(C)=C(C)COP(=O)(O)OP(=O)(O)O. The normalized spacial score (nSPS) is 16.2. The second kappa shape index (κ2) is 14.3. The first kappa shape index (κ1) is 29.2. The van der Waals surface area contributed by atoms with Gasteiger partial charge in [0.2, 0.25) is 0 Å². The standard InChI is InChI=1S/C21H38O7P2/c1-17(2)10-7-11-18(3)12-8-13-19(4)14-9-15-20(5)21(6)16-27-30(25,26)28-29(22,23)24/h10,12,14H,7-9,11,13,15-16H2,1-6H3,(H,25,26)(H2,22,23,24). The van der Waals surface area contributed by atoms with Gasteiger partial charge in [-0.15, -0.1) is 0 Å². The predicted molar refractivity (Wildman–Crippen MR) is 122 cm³/mol. The van der Waals surface area contributed by atoms with E-state index in [4.69, 9.17) is 9.79 Å². The van der Waals surface area contributed by atoms with E-state index in [2.05, 4.69) is 54.8 Å². The van der Waals surface area contributed by atoms with Crippen LogP contribution in [0.5, 0.6) is 0 Å². The molecule has 0 fully saturated rings. The van der Waals surface area contributed by atoms with Crippen molar-refractivity contribution in [3.63, 3.8) is 0 Å². The summed E-state index contributed by atoms with van der Waals surface area (Å²) in [6, 6.07) is 0. The summed E-state index contributed by atoms with van der Waals surface area (Å²) in [5.41, 5.74) is 5.80. The van der Waals surface area contributed by atoms with Gasteiger partial charge in [0.25, 0.3) is 0 Å². The Bertz CT molecular complexity index is 753. The monoisotopic (exact) mass is 464 g/mol. The van der Waals surface area contributed by atoms with Gasteiger partial charge in [0.15, 0.2) is 0 Å². The molecular formula is C21H38O7P2. The highest BCUT2D eigenvalue weighted by atomic mass is 31.3. The van der Waals surface area contributed by atoms with Crippen LogP contribution in [-0.4, -0.2) is 21.3 Å². The van der Waals surface area contributed by atoms with Gasteiger partial charge in [-0.25, -0.2) is 9.13 Å². The van der Waals surface area contributed by atoms with Crippen molar-refractivity contribution in [2.75, 3.05) is 6.61 Å². The lowest BCUT2D eigenvalue weighted by Crippen LogP contribution is -1.99. The first-order chi connectivity index (χ1) is 13.7. The lowest BCUT2D eigenvalue weighted by molar-refractivity contribution is 0.188. The topological polar surface area (TPSA) is 113 Å². The molecule has 174 valence electrons. The molecule has 0 bridgehead atoms. The summed E-state index contributed by atoms with van der Waals surface area (Å²) in [5.74, 6) is 0. The van der Waals surface area contributed by atoms with Crippen LogP contribution in [0.3, 0.4) is 0 Å². The Labute approximate surface area is 181 Å². The summed E-state index contributed by atoms with van der Waals surface area (Å²) in [5, 5.41) is 0. The van der Waals surface area contributed by atoms with E-state index in [9.17, 15) is 14.0 Å². The van der Waals surface area contributed by atoms with Gasteiger partial charge in [0.05, 0.1) is 6.61 Å². The van der Waals surface area contributed by atoms with E-state index in [0.717, 1.165) is 49.7 Å². The highest BCUT2D eigenvalue weighted by Crippen LogP contribution is 2.57. The fourth-order valence-electron chi connectivity index (χ4n) is 2.55. The Hall–Kier alpha value is -0.780. The van der Waals surface area contributed by atoms with Gasteiger partial charge >= 0.3 is 15.6 Å². The Kier molecular flexibility index (Phi) is 13.9. The molecule has 0 aromatic heterocycles. The third-order valence-corrected chi connectivity index (χ3v) is 6.65. The number of hydrogen-bond donors (Lipinski definition) is 3. The molecule has 0 spiro atoms. The van der Waals surface area contributed by atoms with Gasteiger partial charge in [-0.1, -0.05) is 40.5 Å². The molecule has 0 aromatic rings. The van der Waals surface area contributed by atoms with Crippen molar-refractivity contribution in [3.8, 4) is 0 Å². The van der Waals surface area contributed by atoms with Crippen molar-refractivity contribution in [1.29, 1.82) is 0 Å². The van der Waals surface area contributed by atoms with Crippen molar-refractivity contribution < 1.29 is 32.6 Å². The van der Waals surface area contributed by atoms with Gasteiger partial charge in [-0.05, 0) is 85.6 Å². The van der Waals surface area contributed by atoms with E-state index in [0.29, 0.717) is 0 Å². The van der Waals surface area contributed by atoms with Gasteiger partial charge in [-0.3, -0.25) is 4.52 Å². The molecule has 0 saturated carbocycles. The van der Waals surface area contributed by atoms with Crippen LogP contribution in [0.1, 0.15) is 80.1 Å². The van der Waals surface area contributed by atoms with Crippen LogP contribution >= 0.6 is 15.6 Å². The molecule has 0 amide bonds. The maximum Gasteiger partial charge on any atom is 0.481 e. The lowest BCUT2D eigenvalue weighted by atomic mass is 10.0.